The van der Waals surface area contributed by atoms with E-state index in [9.17, 15) is 9.59 Å². The van der Waals surface area contributed by atoms with Gasteiger partial charge in [-0.1, -0.05) is 0 Å². The van der Waals surface area contributed by atoms with Crippen LogP contribution < -0.4 is 28.8 Å². The molecule has 0 bridgehead atoms. The highest BCUT2D eigenvalue weighted by molar-refractivity contribution is 6.14. The monoisotopic (exact) mass is 241 g/mol. The van der Waals surface area contributed by atoms with Gasteiger partial charge in [-0.3, -0.25) is 0 Å². The summed E-state index contributed by atoms with van der Waals surface area (Å²) in [5.74, 6) is 2.13. The minimum Gasteiger partial charge on any atom is -0.478 e. The number of anilines is 4. The van der Waals surface area contributed by atoms with Crippen LogP contribution >= 0.6 is 0 Å². The van der Waals surface area contributed by atoms with E-state index in [4.69, 9.17) is 28.0 Å². The van der Waals surface area contributed by atoms with Gasteiger partial charge in [-0.25, -0.2) is 9.59 Å². The summed E-state index contributed by atoms with van der Waals surface area (Å²) in [6.45, 7) is 0. The molecule has 0 aliphatic rings. The fourth-order valence-electron chi connectivity index (χ4n) is 1.34. The van der Waals surface area contributed by atoms with Crippen molar-refractivity contribution >= 4 is 34.7 Å². The average Bonchev–Trinajstić information content (AvgIpc) is 2.25. The highest BCUT2D eigenvalue weighted by atomic mass is 16.7. The molecule has 0 atom stereocenters. The Morgan fingerprint density at radius 2 is 1.35 bits per heavy atom. The molecule has 17 heavy (non-hydrogen) atoms. The number of carboxylic acids is 1. The predicted octanol–water partition coefficient (Wildman–Crippen LogP) is -1.26. The molecular weight excluding hydrogens is 230 g/mol. The molecule has 0 saturated carbocycles. The van der Waals surface area contributed by atoms with Gasteiger partial charge in [-0.15, -0.1) is 0 Å². The number of aromatic carboxylic acids is 1. The largest absolute Gasteiger partial charge is 0.478 e. The standard InChI is InChI=1S/C8H11N5O4/c9-3-1(7(14)15)4(10)6(12)5(11)2(3)8(16)17-13/h9-13H2,(H,14,15). The van der Waals surface area contributed by atoms with Crippen molar-refractivity contribution < 1.29 is 19.5 Å². The quantitative estimate of drug-likeness (QED) is 0.270. The van der Waals surface area contributed by atoms with Gasteiger partial charge in [0.1, 0.15) is 11.1 Å². The summed E-state index contributed by atoms with van der Waals surface area (Å²) in [5.41, 5.74) is 19.6. The second-order valence-corrected chi connectivity index (χ2v) is 3.12. The molecule has 92 valence electrons. The lowest BCUT2D eigenvalue weighted by atomic mass is 10.0. The molecular formula is C8H11N5O4. The van der Waals surface area contributed by atoms with Gasteiger partial charge < -0.3 is 32.9 Å². The molecule has 1 rings (SSSR count). The summed E-state index contributed by atoms with van der Waals surface area (Å²) in [7, 11) is 0. The number of nitrogen functional groups attached to an aromatic ring is 4. The predicted molar refractivity (Wildman–Crippen MR) is 60.7 cm³/mol. The molecule has 0 unspecified atom stereocenters. The fourth-order valence-corrected chi connectivity index (χ4v) is 1.34. The van der Waals surface area contributed by atoms with Gasteiger partial charge in [0.15, 0.2) is 0 Å². The van der Waals surface area contributed by atoms with Crippen molar-refractivity contribution in [1.82, 2.24) is 0 Å². The lowest BCUT2D eigenvalue weighted by molar-refractivity contribution is 0.0506. The van der Waals surface area contributed by atoms with E-state index in [0.717, 1.165) is 0 Å². The molecule has 0 amide bonds. The summed E-state index contributed by atoms with van der Waals surface area (Å²) < 4.78 is 0. The molecule has 9 heteroatoms. The van der Waals surface area contributed by atoms with E-state index in [0.29, 0.717) is 0 Å². The van der Waals surface area contributed by atoms with Crippen LogP contribution in [0.5, 0.6) is 0 Å². The van der Waals surface area contributed by atoms with Crippen LogP contribution in [0.1, 0.15) is 20.7 Å². The van der Waals surface area contributed by atoms with E-state index >= 15 is 0 Å². The number of nitrogens with two attached hydrogens (primary N) is 5. The molecule has 1 aromatic carbocycles. The van der Waals surface area contributed by atoms with Crippen molar-refractivity contribution in [2.24, 2.45) is 5.90 Å². The Morgan fingerprint density at radius 3 is 1.76 bits per heavy atom. The first kappa shape index (κ1) is 12.4. The van der Waals surface area contributed by atoms with E-state index < -0.39 is 28.8 Å². The van der Waals surface area contributed by atoms with Crippen LogP contribution in [0.2, 0.25) is 0 Å². The second kappa shape index (κ2) is 4.06. The summed E-state index contributed by atoms with van der Waals surface area (Å²) in [6, 6.07) is 0. The normalized spacial score (nSPS) is 9.94. The van der Waals surface area contributed by atoms with Crippen LogP contribution in [-0.4, -0.2) is 17.0 Å². The molecule has 0 saturated heterocycles. The molecule has 0 aliphatic carbocycles. The summed E-state index contributed by atoms with van der Waals surface area (Å²) in [6.07, 6.45) is 0. The van der Waals surface area contributed by atoms with Gasteiger partial charge in [-0.05, 0) is 0 Å². The lowest BCUT2D eigenvalue weighted by Crippen LogP contribution is -2.20. The second-order valence-electron chi connectivity index (χ2n) is 3.12. The van der Waals surface area contributed by atoms with E-state index in [1.165, 1.54) is 0 Å². The maximum absolute atomic E-state index is 11.3. The molecule has 0 heterocycles. The fraction of sp³-hybridized carbons (Fsp3) is 0. The van der Waals surface area contributed by atoms with Crippen molar-refractivity contribution in [3.05, 3.63) is 11.1 Å². The zero-order valence-electron chi connectivity index (χ0n) is 8.56. The Labute approximate surface area is 95.0 Å². The maximum atomic E-state index is 11.3. The van der Waals surface area contributed by atoms with Crippen LogP contribution in [0.3, 0.4) is 0 Å². The van der Waals surface area contributed by atoms with Gasteiger partial charge in [0.05, 0.1) is 22.7 Å². The maximum Gasteiger partial charge on any atom is 0.360 e. The molecule has 1 aromatic rings. The van der Waals surface area contributed by atoms with Gasteiger partial charge >= 0.3 is 11.9 Å². The number of hydrogen-bond acceptors (Lipinski definition) is 8. The van der Waals surface area contributed by atoms with E-state index in [1.54, 1.807) is 0 Å². The minimum atomic E-state index is -1.45. The van der Waals surface area contributed by atoms with E-state index in [2.05, 4.69) is 10.7 Å². The molecule has 9 nitrogen and oxygen atoms in total. The van der Waals surface area contributed by atoms with Crippen molar-refractivity contribution in [3.8, 4) is 0 Å². The first-order valence-electron chi connectivity index (χ1n) is 4.23. The van der Waals surface area contributed by atoms with E-state index in [1.807, 2.05) is 0 Å². The van der Waals surface area contributed by atoms with Crippen LogP contribution in [0.25, 0.3) is 0 Å². The Balaban J connectivity index is 3.74. The minimum absolute atomic E-state index is 0.267. The molecule has 0 aliphatic heterocycles. The molecule has 0 fully saturated rings. The van der Waals surface area contributed by atoms with Crippen LogP contribution in [0.4, 0.5) is 22.7 Å². The molecule has 0 radical (unpaired) electrons. The molecule has 0 aromatic heterocycles. The van der Waals surface area contributed by atoms with E-state index in [-0.39, 0.29) is 17.1 Å². The number of carboxylic acid groups (broad SMARTS) is 1. The third kappa shape index (κ3) is 1.74. The third-order valence-electron chi connectivity index (χ3n) is 2.18. The summed E-state index contributed by atoms with van der Waals surface area (Å²) >= 11 is 0. The van der Waals surface area contributed by atoms with Gasteiger partial charge in [0.25, 0.3) is 0 Å². The zero-order valence-corrected chi connectivity index (χ0v) is 8.56. The number of hydrogen-bond donors (Lipinski definition) is 6. The molecule has 0 spiro atoms. The Bertz CT molecular complexity index is 513. The smallest absolute Gasteiger partial charge is 0.360 e. The molecule has 11 N–H and O–H groups in total. The highest BCUT2D eigenvalue weighted by Gasteiger charge is 2.26. The number of carbonyl (C=O) groups is 2. The zero-order chi connectivity index (χ0) is 13.3. The van der Waals surface area contributed by atoms with Crippen molar-refractivity contribution in [3.63, 3.8) is 0 Å². The first-order chi connectivity index (χ1) is 7.82. The number of carbonyl (C=O) groups excluding carboxylic acids is 1. The SMILES string of the molecule is NOC(=O)c1c(N)c(N)c(N)c(C(=O)O)c1N. The topological polar surface area (TPSA) is 194 Å². The highest BCUT2D eigenvalue weighted by Crippen LogP contribution is 2.36. The van der Waals surface area contributed by atoms with Crippen LogP contribution in [0, 0.1) is 0 Å². The summed E-state index contributed by atoms with van der Waals surface area (Å²) in [4.78, 5) is 26.2. The van der Waals surface area contributed by atoms with Crippen molar-refractivity contribution in [1.29, 1.82) is 0 Å². The Morgan fingerprint density at radius 1 is 0.882 bits per heavy atom. The van der Waals surface area contributed by atoms with Crippen LogP contribution in [0.15, 0.2) is 0 Å². The first-order valence-corrected chi connectivity index (χ1v) is 4.23. The Kier molecular flexibility index (Phi) is 2.96. The van der Waals surface area contributed by atoms with Crippen molar-refractivity contribution in [2.45, 2.75) is 0 Å². The van der Waals surface area contributed by atoms with Crippen LogP contribution in [-0.2, 0) is 4.84 Å². The number of benzene rings is 1. The third-order valence-corrected chi connectivity index (χ3v) is 2.18. The lowest BCUT2D eigenvalue weighted by Gasteiger charge is -2.14. The summed E-state index contributed by atoms with van der Waals surface area (Å²) in [5, 5.41) is 8.90. The number of rotatable bonds is 2. The van der Waals surface area contributed by atoms with Crippen molar-refractivity contribution in [2.75, 3.05) is 22.9 Å². The van der Waals surface area contributed by atoms with Gasteiger partial charge in [0, 0.05) is 0 Å². The van der Waals surface area contributed by atoms with Gasteiger partial charge in [-0.2, -0.15) is 5.90 Å². The average molecular weight is 241 g/mol. The van der Waals surface area contributed by atoms with Gasteiger partial charge in [0.2, 0.25) is 0 Å². The Hall–Kier alpha value is -2.68.